The van der Waals surface area contributed by atoms with E-state index >= 15 is 0 Å². The summed E-state index contributed by atoms with van der Waals surface area (Å²) in [7, 11) is 0. The first kappa shape index (κ1) is 14.5. The Morgan fingerprint density at radius 1 is 1.26 bits per heavy atom. The average Bonchev–Trinajstić information content (AvgIpc) is 2.76. The Morgan fingerprint density at radius 3 is 2.63 bits per heavy atom. The molecule has 2 rings (SSSR count). The molecule has 1 aliphatic carbocycles. The molecule has 4 heteroatoms. The van der Waals surface area contributed by atoms with Crippen LogP contribution in [-0.4, -0.2) is 26.0 Å². The summed E-state index contributed by atoms with van der Waals surface area (Å²) < 4.78 is 1.94. The van der Waals surface area contributed by atoms with Gasteiger partial charge in [0, 0.05) is 13.0 Å². The molecule has 0 aliphatic heterocycles. The van der Waals surface area contributed by atoms with Gasteiger partial charge in [0.05, 0.1) is 6.10 Å². The fourth-order valence-electron chi connectivity index (χ4n) is 3.07. The maximum atomic E-state index is 10.5. The predicted octanol–water partition coefficient (Wildman–Crippen LogP) is 2.95. The van der Waals surface area contributed by atoms with Crippen molar-refractivity contribution in [2.24, 2.45) is 5.92 Å². The summed E-state index contributed by atoms with van der Waals surface area (Å²) in [5.74, 6) is 1.39. The normalized spacial score (nSPS) is 19.9. The molecule has 1 aromatic heterocycles. The SMILES string of the molecule is CCCn1ncnc1CC(O)C1CCCCCCC1. The van der Waals surface area contributed by atoms with Crippen molar-refractivity contribution < 1.29 is 5.11 Å². The predicted molar refractivity (Wildman–Crippen MR) is 75.8 cm³/mol. The lowest BCUT2D eigenvalue weighted by atomic mass is 9.86. The summed E-state index contributed by atoms with van der Waals surface area (Å²) in [5.41, 5.74) is 0. The molecule has 0 radical (unpaired) electrons. The van der Waals surface area contributed by atoms with Crippen molar-refractivity contribution in [1.29, 1.82) is 0 Å². The van der Waals surface area contributed by atoms with Crippen molar-refractivity contribution in [2.75, 3.05) is 0 Å². The minimum atomic E-state index is -0.252. The molecule has 1 heterocycles. The molecular weight excluding hydrogens is 238 g/mol. The van der Waals surface area contributed by atoms with E-state index in [-0.39, 0.29) is 6.10 Å². The van der Waals surface area contributed by atoms with Crippen LogP contribution in [0.15, 0.2) is 6.33 Å². The third-order valence-corrected chi connectivity index (χ3v) is 4.22. The number of aryl methyl sites for hydroxylation is 1. The van der Waals surface area contributed by atoms with Gasteiger partial charge in [0.2, 0.25) is 0 Å². The van der Waals surface area contributed by atoms with Gasteiger partial charge in [-0.15, -0.1) is 0 Å². The van der Waals surface area contributed by atoms with Crippen molar-refractivity contribution in [3.8, 4) is 0 Å². The first-order valence-corrected chi connectivity index (χ1v) is 7.86. The molecule has 1 atom stereocenters. The number of hydrogen-bond donors (Lipinski definition) is 1. The summed E-state index contributed by atoms with van der Waals surface area (Å²) in [6.07, 6.45) is 12.0. The van der Waals surface area contributed by atoms with Gasteiger partial charge in [-0.05, 0) is 25.2 Å². The lowest BCUT2D eigenvalue weighted by Gasteiger charge is -2.24. The van der Waals surface area contributed by atoms with Crippen molar-refractivity contribution in [3.05, 3.63) is 12.2 Å². The molecule has 1 aliphatic rings. The monoisotopic (exact) mass is 265 g/mol. The van der Waals surface area contributed by atoms with E-state index in [1.807, 2.05) is 4.68 Å². The fourth-order valence-corrected chi connectivity index (χ4v) is 3.07. The Bertz CT molecular complexity index is 356. The first-order chi connectivity index (χ1) is 9.31. The third-order valence-electron chi connectivity index (χ3n) is 4.22. The van der Waals surface area contributed by atoms with Crippen LogP contribution in [0.1, 0.15) is 64.1 Å². The topological polar surface area (TPSA) is 50.9 Å². The Labute approximate surface area is 116 Å². The minimum absolute atomic E-state index is 0.252. The maximum Gasteiger partial charge on any atom is 0.138 e. The van der Waals surface area contributed by atoms with Crippen LogP contribution in [0, 0.1) is 5.92 Å². The van der Waals surface area contributed by atoms with E-state index in [1.165, 1.54) is 44.9 Å². The third kappa shape index (κ3) is 4.30. The number of aliphatic hydroxyl groups excluding tert-OH is 1. The van der Waals surface area contributed by atoms with Crippen LogP contribution >= 0.6 is 0 Å². The number of aromatic nitrogens is 3. The smallest absolute Gasteiger partial charge is 0.138 e. The molecule has 0 aromatic carbocycles. The number of rotatable bonds is 5. The van der Waals surface area contributed by atoms with E-state index in [4.69, 9.17) is 0 Å². The van der Waals surface area contributed by atoms with E-state index in [0.717, 1.165) is 18.8 Å². The zero-order chi connectivity index (χ0) is 13.5. The van der Waals surface area contributed by atoms with E-state index in [0.29, 0.717) is 12.3 Å². The summed E-state index contributed by atoms with van der Waals surface area (Å²) in [6, 6.07) is 0. The van der Waals surface area contributed by atoms with Gasteiger partial charge >= 0.3 is 0 Å². The van der Waals surface area contributed by atoms with Crippen LogP contribution in [0.4, 0.5) is 0 Å². The van der Waals surface area contributed by atoms with Gasteiger partial charge in [-0.3, -0.25) is 4.68 Å². The van der Waals surface area contributed by atoms with Crippen LogP contribution in [0.2, 0.25) is 0 Å². The second kappa shape index (κ2) is 7.63. The van der Waals surface area contributed by atoms with Crippen LogP contribution in [0.25, 0.3) is 0 Å². The van der Waals surface area contributed by atoms with Gasteiger partial charge in [0.25, 0.3) is 0 Å². The Morgan fingerprint density at radius 2 is 1.95 bits per heavy atom. The highest BCUT2D eigenvalue weighted by atomic mass is 16.3. The van der Waals surface area contributed by atoms with Gasteiger partial charge in [-0.25, -0.2) is 4.98 Å². The Hall–Kier alpha value is -0.900. The number of nitrogens with zero attached hydrogens (tertiary/aromatic N) is 3. The number of aliphatic hydroxyl groups is 1. The minimum Gasteiger partial charge on any atom is -0.392 e. The lowest BCUT2D eigenvalue weighted by molar-refractivity contribution is 0.0884. The second-order valence-corrected chi connectivity index (χ2v) is 5.78. The van der Waals surface area contributed by atoms with Crippen molar-refractivity contribution in [2.45, 2.75) is 77.4 Å². The van der Waals surface area contributed by atoms with Crippen LogP contribution in [0.5, 0.6) is 0 Å². The highest BCUT2D eigenvalue weighted by Gasteiger charge is 2.22. The molecule has 0 amide bonds. The molecule has 1 fully saturated rings. The average molecular weight is 265 g/mol. The molecule has 1 unspecified atom stereocenters. The summed E-state index contributed by atoms with van der Waals surface area (Å²) >= 11 is 0. The van der Waals surface area contributed by atoms with Crippen molar-refractivity contribution in [3.63, 3.8) is 0 Å². The lowest BCUT2D eigenvalue weighted by Crippen LogP contribution is -2.25. The molecule has 1 N–H and O–H groups in total. The quantitative estimate of drug-likeness (QED) is 0.890. The van der Waals surface area contributed by atoms with E-state index in [1.54, 1.807) is 6.33 Å². The summed E-state index contributed by atoms with van der Waals surface area (Å²) in [5, 5.41) is 14.7. The maximum absolute atomic E-state index is 10.5. The Kier molecular flexibility index (Phi) is 5.83. The van der Waals surface area contributed by atoms with Gasteiger partial charge < -0.3 is 5.11 Å². The molecule has 0 saturated heterocycles. The summed E-state index contributed by atoms with van der Waals surface area (Å²) in [4.78, 5) is 4.30. The highest BCUT2D eigenvalue weighted by Crippen LogP contribution is 2.26. The molecule has 0 bridgehead atoms. The van der Waals surface area contributed by atoms with E-state index in [9.17, 15) is 5.11 Å². The fraction of sp³-hybridized carbons (Fsp3) is 0.867. The zero-order valence-electron chi connectivity index (χ0n) is 12.1. The standard InChI is InChI=1S/C15H27N3O/c1-2-10-18-15(16-12-17-18)11-14(19)13-8-6-4-3-5-7-9-13/h12-14,19H,2-11H2,1H3. The van der Waals surface area contributed by atoms with Gasteiger partial charge in [-0.1, -0.05) is 39.0 Å². The summed E-state index contributed by atoms with van der Waals surface area (Å²) in [6.45, 7) is 3.03. The molecule has 0 spiro atoms. The van der Waals surface area contributed by atoms with Gasteiger partial charge in [-0.2, -0.15) is 5.10 Å². The van der Waals surface area contributed by atoms with Crippen molar-refractivity contribution in [1.82, 2.24) is 14.8 Å². The molecule has 108 valence electrons. The van der Waals surface area contributed by atoms with Crippen LogP contribution in [0.3, 0.4) is 0 Å². The van der Waals surface area contributed by atoms with Gasteiger partial charge in [0.15, 0.2) is 0 Å². The molecule has 19 heavy (non-hydrogen) atoms. The van der Waals surface area contributed by atoms with Gasteiger partial charge in [0.1, 0.15) is 12.2 Å². The molecule has 4 nitrogen and oxygen atoms in total. The second-order valence-electron chi connectivity index (χ2n) is 5.78. The van der Waals surface area contributed by atoms with E-state index in [2.05, 4.69) is 17.0 Å². The molecule has 1 aromatic rings. The van der Waals surface area contributed by atoms with E-state index < -0.39 is 0 Å². The van der Waals surface area contributed by atoms with Crippen LogP contribution in [-0.2, 0) is 13.0 Å². The Balaban J connectivity index is 1.90. The largest absolute Gasteiger partial charge is 0.392 e. The first-order valence-electron chi connectivity index (χ1n) is 7.86. The molecular formula is C15H27N3O. The highest BCUT2D eigenvalue weighted by molar-refractivity contribution is 4.89. The molecule has 1 saturated carbocycles. The van der Waals surface area contributed by atoms with Crippen molar-refractivity contribution >= 4 is 0 Å². The number of hydrogen-bond acceptors (Lipinski definition) is 3. The van der Waals surface area contributed by atoms with Crippen LogP contribution < -0.4 is 0 Å². The zero-order valence-corrected chi connectivity index (χ0v) is 12.1.